The number of rotatable bonds is 3. The minimum Gasteiger partial charge on any atom is -0.480 e. The number of ether oxygens (including phenoxy) is 1. The molecule has 1 atom stereocenters. The van der Waals surface area contributed by atoms with Crippen molar-refractivity contribution in [1.29, 1.82) is 0 Å². The Balaban J connectivity index is 2.65. The number of alkyl carbamates (subject to hydrolysis) is 1. The highest BCUT2D eigenvalue weighted by Crippen LogP contribution is 2.33. The number of carboxylic acids is 1. The lowest BCUT2D eigenvalue weighted by Crippen LogP contribution is -2.48. The van der Waals surface area contributed by atoms with Crippen LogP contribution in [0.15, 0.2) is 11.7 Å². The molecule has 0 spiro atoms. The smallest absolute Gasteiger partial charge is 0.408 e. The van der Waals surface area contributed by atoms with E-state index in [0.29, 0.717) is 12.8 Å². The van der Waals surface area contributed by atoms with Crippen molar-refractivity contribution in [3.63, 3.8) is 0 Å². The Morgan fingerprint density at radius 2 is 1.81 bits per heavy atom. The van der Waals surface area contributed by atoms with Gasteiger partial charge in [0, 0.05) is 0 Å². The highest BCUT2D eigenvalue weighted by molar-refractivity contribution is 5.80. The number of hydrogen-bond donors (Lipinski definition) is 2. The Hall–Kier alpha value is -1.66. The Bertz CT molecular complexity index is 429. The van der Waals surface area contributed by atoms with Gasteiger partial charge in [-0.15, -0.1) is 0 Å². The van der Waals surface area contributed by atoms with Crippen LogP contribution < -0.4 is 5.32 Å². The van der Waals surface area contributed by atoms with E-state index in [-0.39, 0.29) is 24.3 Å². The molecular weight excluding hydrogens is 284 g/mol. The van der Waals surface area contributed by atoms with Gasteiger partial charge in [-0.2, -0.15) is 8.78 Å². The van der Waals surface area contributed by atoms with Gasteiger partial charge in [0.25, 0.3) is 6.08 Å². The Morgan fingerprint density at radius 3 is 2.19 bits per heavy atom. The lowest BCUT2D eigenvalue weighted by molar-refractivity contribution is -0.141. The number of carbonyl (C=O) groups is 2. The van der Waals surface area contributed by atoms with E-state index < -0.39 is 29.8 Å². The molecule has 1 saturated carbocycles. The van der Waals surface area contributed by atoms with Gasteiger partial charge in [-0.3, -0.25) is 0 Å². The number of allylic oxidation sites excluding steroid dienone is 1. The molecule has 1 amide bonds. The zero-order valence-electron chi connectivity index (χ0n) is 12.4. The average molecular weight is 305 g/mol. The van der Waals surface area contributed by atoms with Gasteiger partial charge in [0.15, 0.2) is 0 Å². The molecule has 2 N–H and O–H groups in total. The van der Waals surface area contributed by atoms with Crippen LogP contribution in [0.4, 0.5) is 13.6 Å². The molecule has 0 aliphatic heterocycles. The van der Waals surface area contributed by atoms with Crippen molar-refractivity contribution in [3.8, 4) is 0 Å². The SMILES string of the molecule is CC(C)(C)OC(=O)N[C@H](C(=O)O)C1CCC(=C(F)F)CC1. The minimum atomic E-state index is -1.68. The van der Waals surface area contributed by atoms with E-state index in [1.165, 1.54) is 0 Å². The van der Waals surface area contributed by atoms with Gasteiger partial charge in [0.1, 0.15) is 11.6 Å². The van der Waals surface area contributed by atoms with Crippen LogP contribution in [-0.2, 0) is 9.53 Å². The fourth-order valence-corrected chi connectivity index (χ4v) is 2.33. The summed E-state index contributed by atoms with van der Waals surface area (Å²) in [5.41, 5.74) is -0.653. The summed E-state index contributed by atoms with van der Waals surface area (Å²) >= 11 is 0. The lowest BCUT2D eigenvalue weighted by atomic mass is 9.81. The molecule has 0 heterocycles. The van der Waals surface area contributed by atoms with Gasteiger partial charge >= 0.3 is 12.1 Å². The van der Waals surface area contributed by atoms with Gasteiger partial charge in [0.05, 0.1) is 0 Å². The van der Waals surface area contributed by atoms with Crippen molar-refractivity contribution in [1.82, 2.24) is 5.32 Å². The summed E-state index contributed by atoms with van der Waals surface area (Å²) in [7, 11) is 0. The number of amides is 1. The molecule has 1 rings (SSSR count). The number of carboxylic acid groups (broad SMARTS) is 1. The van der Waals surface area contributed by atoms with E-state index >= 15 is 0 Å². The molecule has 120 valence electrons. The normalized spacial score (nSPS) is 20.6. The van der Waals surface area contributed by atoms with Gasteiger partial charge in [0.2, 0.25) is 0 Å². The van der Waals surface area contributed by atoms with E-state index in [0.717, 1.165) is 0 Å². The first-order chi connectivity index (χ1) is 9.60. The van der Waals surface area contributed by atoms with Crippen molar-refractivity contribution < 1.29 is 28.2 Å². The first-order valence-corrected chi connectivity index (χ1v) is 6.85. The van der Waals surface area contributed by atoms with Gasteiger partial charge in [-0.25, -0.2) is 9.59 Å². The quantitative estimate of drug-likeness (QED) is 0.839. The van der Waals surface area contributed by atoms with E-state index in [1.54, 1.807) is 20.8 Å². The van der Waals surface area contributed by atoms with Crippen LogP contribution in [0.3, 0.4) is 0 Å². The maximum Gasteiger partial charge on any atom is 0.408 e. The van der Waals surface area contributed by atoms with Crippen LogP contribution >= 0.6 is 0 Å². The monoisotopic (exact) mass is 305 g/mol. The van der Waals surface area contributed by atoms with E-state index in [2.05, 4.69) is 5.32 Å². The molecule has 7 heteroatoms. The molecule has 0 bridgehead atoms. The van der Waals surface area contributed by atoms with Crippen LogP contribution in [0.1, 0.15) is 46.5 Å². The fraction of sp³-hybridized carbons (Fsp3) is 0.714. The zero-order chi connectivity index (χ0) is 16.2. The highest BCUT2D eigenvalue weighted by Gasteiger charge is 2.33. The first kappa shape index (κ1) is 17.4. The molecule has 21 heavy (non-hydrogen) atoms. The lowest BCUT2D eigenvalue weighted by Gasteiger charge is -2.29. The van der Waals surface area contributed by atoms with Crippen molar-refractivity contribution in [2.45, 2.75) is 58.1 Å². The van der Waals surface area contributed by atoms with E-state index in [4.69, 9.17) is 4.74 Å². The standard InChI is InChI=1S/C14H21F2NO4/c1-14(2,3)21-13(20)17-10(12(18)19)8-4-6-9(7-5-8)11(15)16/h8,10H,4-7H2,1-3H3,(H,17,20)(H,18,19)/t10-/m0/s1. The molecule has 0 unspecified atom stereocenters. The minimum absolute atomic E-state index is 0.0765. The summed E-state index contributed by atoms with van der Waals surface area (Å²) in [5, 5.41) is 11.5. The van der Waals surface area contributed by atoms with Gasteiger partial charge < -0.3 is 15.2 Å². The number of carbonyl (C=O) groups excluding carboxylic acids is 1. The fourth-order valence-electron chi connectivity index (χ4n) is 2.33. The maximum absolute atomic E-state index is 12.5. The third kappa shape index (κ3) is 5.69. The van der Waals surface area contributed by atoms with Crippen molar-refractivity contribution in [2.75, 3.05) is 0 Å². The van der Waals surface area contributed by atoms with E-state index in [9.17, 15) is 23.5 Å². The zero-order valence-corrected chi connectivity index (χ0v) is 12.4. The summed E-state index contributed by atoms with van der Waals surface area (Å²) in [6.07, 6.45) is -1.56. The van der Waals surface area contributed by atoms with Gasteiger partial charge in [-0.05, 0) is 57.9 Å². The number of hydrogen-bond acceptors (Lipinski definition) is 3. The topological polar surface area (TPSA) is 75.6 Å². The van der Waals surface area contributed by atoms with Crippen molar-refractivity contribution in [2.24, 2.45) is 5.92 Å². The average Bonchev–Trinajstić information content (AvgIpc) is 2.33. The molecule has 0 aromatic carbocycles. The predicted molar refractivity (Wildman–Crippen MR) is 72.0 cm³/mol. The third-order valence-electron chi connectivity index (χ3n) is 3.31. The van der Waals surface area contributed by atoms with E-state index in [1.807, 2.05) is 0 Å². The second kappa shape index (κ2) is 6.87. The summed E-state index contributed by atoms with van der Waals surface area (Å²) in [6, 6.07) is -1.12. The first-order valence-electron chi connectivity index (χ1n) is 6.85. The Kier molecular flexibility index (Phi) is 5.69. The van der Waals surface area contributed by atoms with Crippen LogP contribution in [0.5, 0.6) is 0 Å². The molecule has 1 aliphatic carbocycles. The van der Waals surface area contributed by atoms with Crippen molar-refractivity contribution >= 4 is 12.1 Å². The second-order valence-corrected chi connectivity index (χ2v) is 6.16. The molecule has 0 aromatic heterocycles. The predicted octanol–water partition coefficient (Wildman–Crippen LogP) is 3.31. The van der Waals surface area contributed by atoms with Crippen LogP contribution in [-0.4, -0.2) is 28.8 Å². The summed E-state index contributed by atoms with van der Waals surface area (Å²) in [5.74, 6) is -1.56. The highest BCUT2D eigenvalue weighted by atomic mass is 19.3. The number of halogens is 2. The number of aliphatic carboxylic acids is 1. The molecule has 0 aromatic rings. The van der Waals surface area contributed by atoms with Crippen LogP contribution in [0, 0.1) is 5.92 Å². The summed E-state index contributed by atoms with van der Waals surface area (Å²) in [4.78, 5) is 22.9. The van der Waals surface area contributed by atoms with Crippen LogP contribution in [0.2, 0.25) is 0 Å². The Labute approximate surface area is 122 Å². The Morgan fingerprint density at radius 1 is 1.29 bits per heavy atom. The molecular formula is C14H21F2NO4. The molecule has 1 aliphatic rings. The number of nitrogens with one attached hydrogen (secondary N) is 1. The molecule has 1 fully saturated rings. The summed E-state index contributed by atoms with van der Waals surface area (Å²) < 4.78 is 30.0. The van der Waals surface area contributed by atoms with Gasteiger partial charge in [-0.1, -0.05) is 0 Å². The molecule has 0 radical (unpaired) electrons. The maximum atomic E-state index is 12.5. The third-order valence-corrected chi connectivity index (χ3v) is 3.31. The largest absolute Gasteiger partial charge is 0.480 e. The van der Waals surface area contributed by atoms with Crippen LogP contribution in [0.25, 0.3) is 0 Å². The molecule has 0 saturated heterocycles. The molecule has 5 nitrogen and oxygen atoms in total. The van der Waals surface area contributed by atoms with Crippen molar-refractivity contribution in [3.05, 3.63) is 11.7 Å². The summed E-state index contributed by atoms with van der Waals surface area (Å²) in [6.45, 7) is 5.01. The second-order valence-electron chi connectivity index (χ2n) is 6.16.